The van der Waals surface area contributed by atoms with Gasteiger partial charge in [-0.25, -0.2) is 0 Å². The van der Waals surface area contributed by atoms with Crippen LogP contribution < -0.4 is 14.4 Å². The van der Waals surface area contributed by atoms with Gasteiger partial charge in [0.15, 0.2) is 5.78 Å². The Hall–Kier alpha value is -3.60. The van der Waals surface area contributed by atoms with Crippen LogP contribution in [0.3, 0.4) is 0 Å². The third kappa shape index (κ3) is 4.46. The van der Waals surface area contributed by atoms with Crippen molar-refractivity contribution in [2.75, 3.05) is 19.1 Å². The van der Waals surface area contributed by atoms with Gasteiger partial charge in [-0.3, -0.25) is 9.59 Å². The molecule has 3 aromatic rings. The normalized spacial score (nSPS) is 10.3. The summed E-state index contributed by atoms with van der Waals surface area (Å²) in [6.45, 7) is 1.76. The lowest BCUT2D eigenvalue weighted by molar-refractivity contribution is 0.0985. The van der Waals surface area contributed by atoms with E-state index in [-0.39, 0.29) is 11.7 Å². The second-order valence-corrected chi connectivity index (χ2v) is 6.52. The van der Waals surface area contributed by atoms with E-state index in [1.54, 1.807) is 29.2 Å². The van der Waals surface area contributed by atoms with E-state index in [0.29, 0.717) is 34.9 Å². The Kier molecular flexibility index (Phi) is 6.29. The summed E-state index contributed by atoms with van der Waals surface area (Å²) in [5, 5.41) is 0. The summed E-state index contributed by atoms with van der Waals surface area (Å²) in [5.74, 6) is 0.456. The lowest BCUT2D eigenvalue weighted by Gasteiger charge is -2.26. The largest absolute Gasteiger partial charge is 0.497 e. The molecule has 29 heavy (non-hydrogen) atoms. The Balaban J connectivity index is 2.20. The minimum atomic E-state index is -0.216. The van der Waals surface area contributed by atoms with Crippen molar-refractivity contribution in [3.8, 4) is 11.5 Å². The highest BCUT2D eigenvalue weighted by atomic mass is 16.5. The van der Waals surface area contributed by atoms with Gasteiger partial charge in [-0.15, -0.1) is 0 Å². The smallest absolute Gasteiger partial charge is 0.258 e. The van der Waals surface area contributed by atoms with Crippen LogP contribution in [0.15, 0.2) is 72.8 Å². The fraction of sp³-hybridized carbons (Fsp3) is 0.167. The van der Waals surface area contributed by atoms with Gasteiger partial charge in [0.2, 0.25) is 0 Å². The standard InChI is InChI=1S/C24H23NO4/c1-17(26)23-21(14-20(28-2)15-22(23)29-3)25(16-18-10-6-4-7-11-18)24(27)19-12-8-5-9-13-19/h4-15H,16H2,1-3H3. The zero-order valence-electron chi connectivity index (χ0n) is 16.7. The number of methoxy groups -OCH3 is 2. The summed E-state index contributed by atoms with van der Waals surface area (Å²) in [7, 11) is 3.03. The molecule has 0 N–H and O–H groups in total. The van der Waals surface area contributed by atoms with Gasteiger partial charge in [0.05, 0.1) is 32.0 Å². The molecule has 3 rings (SSSR count). The number of Topliss-reactive ketones (excluding diaryl/α,β-unsaturated/α-hetero) is 1. The van der Waals surface area contributed by atoms with E-state index < -0.39 is 0 Å². The molecular formula is C24H23NO4. The molecule has 0 radical (unpaired) electrons. The van der Waals surface area contributed by atoms with Gasteiger partial charge >= 0.3 is 0 Å². The first-order chi connectivity index (χ1) is 14.0. The summed E-state index contributed by atoms with van der Waals surface area (Å²) in [4.78, 5) is 27.5. The van der Waals surface area contributed by atoms with E-state index in [2.05, 4.69) is 0 Å². The fourth-order valence-corrected chi connectivity index (χ4v) is 3.19. The van der Waals surface area contributed by atoms with E-state index in [1.165, 1.54) is 21.1 Å². The second kappa shape index (κ2) is 9.06. The number of hydrogen-bond acceptors (Lipinski definition) is 4. The summed E-state index contributed by atoms with van der Waals surface area (Å²) < 4.78 is 10.8. The molecule has 0 atom stereocenters. The van der Waals surface area contributed by atoms with Crippen LogP contribution in [0.25, 0.3) is 0 Å². The average molecular weight is 389 g/mol. The molecule has 0 unspecified atom stereocenters. The maximum atomic E-state index is 13.5. The maximum Gasteiger partial charge on any atom is 0.258 e. The van der Waals surface area contributed by atoms with Gasteiger partial charge in [-0.2, -0.15) is 0 Å². The van der Waals surface area contributed by atoms with Gasteiger partial charge in [0.1, 0.15) is 11.5 Å². The molecule has 148 valence electrons. The summed E-state index contributed by atoms with van der Waals surface area (Å²) in [5.41, 5.74) is 2.26. The number of amides is 1. The Bertz CT molecular complexity index is 1000. The molecule has 0 fully saturated rings. The van der Waals surface area contributed by atoms with Crippen molar-refractivity contribution in [3.05, 3.63) is 89.5 Å². The van der Waals surface area contributed by atoms with Crippen LogP contribution in [0, 0.1) is 0 Å². The summed E-state index contributed by atoms with van der Waals surface area (Å²) in [6, 6.07) is 22.0. The van der Waals surface area contributed by atoms with Gasteiger partial charge < -0.3 is 14.4 Å². The highest BCUT2D eigenvalue weighted by Gasteiger charge is 2.26. The molecule has 0 aliphatic heterocycles. The fourth-order valence-electron chi connectivity index (χ4n) is 3.19. The van der Waals surface area contributed by atoms with Gasteiger partial charge in [-0.05, 0) is 24.6 Å². The van der Waals surface area contributed by atoms with Gasteiger partial charge in [0.25, 0.3) is 5.91 Å². The molecule has 0 aliphatic carbocycles. The predicted octanol–water partition coefficient (Wildman–Crippen LogP) is 4.75. The van der Waals surface area contributed by atoms with Crippen LogP contribution in [0.1, 0.15) is 33.2 Å². The van der Waals surface area contributed by atoms with E-state index in [1.807, 2.05) is 48.5 Å². The van der Waals surface area contributed by atoms with E-state index in [0.717, 1.165) is 5.56 Å². The van der Waals surface area contributed by atoms with Crippen molar-refractivity contribution >= 4 is 17.4 Å². The molecule has 0 bridgehead atoms. The van der Waals surface area contributed by atoms with Crippen LogP contribution in [0.4, 0.5) is 5.69 Å². The average Bonchev–Trinajstić information content (AvgIpc) is 2.77. The molecular weight excluding hydrogens is 366 g/mol. The van der Waals surface area contributed by atoms with Crippen LogP contribution in [-0.4, -0.2) is 25.9 Å². The first kappa shape index (κ1) is 20.1. The lowest BCUT2D eigenvalue weighted by Crippen LogP contribution is -2.32. The van der Waals surface area contributed by atoms with Crippen LogP contribution in [0.2, 0.25) is 0 Å². The Morgan fingerprint density at radius 3 is 2.03 bits per heavy atom. The summed E-state index contributed by atoms with van der Waals surface area (Å²) >= 11 is 0. The number of nitrogens with zero attached hydrogens (tertiary/aromatic N) is 1. The topological polar surface area (TPSA) is 55.8 Å². The summed E-state index contributed by atoms with van der Waals surface area (Å²) in [6.07, 6.45) is 0. The SMILES string of the molecule is COc1cc(OC)c(C(C)=O)c(N(Cc2ccccc2)C(=O)c2ccccc2)c1. The van der Waals surface area contributed by atoms with Crippen molar-refractivity contribution in [3.63, 3.8) is 0 Å². The minimum Gasteiger partial charge on any atom is -0.497 e. The lowest BCUT2D eigenvalue weighted by atomic mass is 10.0. The van der Waals surface area contributed by atoms with E-state index in [9.17, 15) is 9.59 Å². The van der Waals surface area contributed by atoms with Gasteiger partial charge in [0, 0.05) is 17.7 Å². The van der Waals surface area contributed by atoms with Crippen molar-refractivity contribution in [1.82, 2.24) is 0 Å². The number of hydrogen-bond donors (Lipinski definition) is 0. The monoisotopic (exact) mass is 389 g/mol. The molecule has 0 saturated carbocycles. The predicted molar refractivity (Wildman–Crippen MR) is 113 cm³/mol. The highest BCUT2D eigenvalue weighted by molar-refractivity contribution is 6.11. The quantitative estimate of drug-likeness (QED) is 0.547. The zero-order chi connectivity index (χ0) is 20.8. The molecule has 5 nitrogen and oxygen atoms in total. The molecule has 1 amide bonds. The van der Waals surface area contributed by atoms with E-state index in [4.69, 9.17) is 9.47 Å². The van der Waals surface area contributed by atoms with Crippen molar-refractivity contribution in [2.24, 2.45) is 0 Å². The molecule has 0 aromatic heterocycles. The number of carbonyl (C=O) groups is 2. The van der Waals surface area contributed by atoms with Crippen molar-refractivity contribution in [1.29, 1.82) is 0 Å². The number of anilines is 1. The first-order valence-corrected chi connectivity index (χ1v) is 9.23. The third-order valence-electron chi connectivity index (χ3n) is 4.60. The van der Waals surface area contributed by atoms with Crippen LogP contribution in [0.5, 0.6) is 11.5 Å². The van der Waals surface area contributed by atoms with Crippen molar-refractivity contribution in [2.45, 2.75) is 13.5 Å². The van der Waals surface area contributed by atoms with Crippen LogP contribution in [-0.2, 0) is 6.54 Å². The molecule has 0 aliphatic rings. The molecule has 0 heterocycles. The zero-order valence-corrected chi connectivity index (χ0v) is 16.7. The highest BCUT2D eigenvalue weighted by Crippen LogP contribution is 2.36. The Morgan fingerprint density at radius 1 is 0.862 bits per heavy atom. The van der Waals surface area contributed by atoms with E-state index >= 15 is 0 Å². The molecule has 0 saturated heterocycles. The number of carbonyl (C=O) groups excluding carboxylic acids is 2. The number of ether oxygens (including phenoxy) is 2. The van der Waals surface area contributed by atoms with Crippen LogP contribution >= 0.6 is 0 Å². The first-order valence-electron chi connectivity index (χ1n) is 9.23. The molecule has 3 aromatic carbocycles. The number of rotatable bonds is 7. The number of ketones is 1. The Morgan fingerprint density at radius 2 is 1.48 bits per heavy atom. The maximum absolute atomic E-state index is 13.5. The molecule has 0 spiro atoms. The Labute approximate surface area is 170 Å². The molecule has 5 heteroatoms. The van der Waals surface area contributed by atoms with Crippen molar-refractivity contribution < 1.29 is 19.1 Å². The van der Waals surface area contributed by atoms with Gasteiger partial charge in [-0.1, -0.05) is 48.5 Å². The number of benzene rings is 3. The minimum absolute atomic E-state index is 0.196. The third-order valence-corrected chi connectivity index (χ3v) is 4.60. The second-order valence-electron chi connectivity index (χ2n) is 6.52.